The van der Waals surface area contributed by atoms with E-state index in [-0.39, 0.29) is 17.0 Å². The number of hydrogen-bond donors (Lipinski definition) is 2. The summed E-state index contributed by atoms with van der Waals surface area (Å²) in [5, 5.41) is 15.9. The Morgan fingerprint density at radius 1 is 1.04 bits per heavy atom. The molecule has 3 atom stereocenters. The second-order valence-corrected chi connectivity index (χ2v) is 8.71. The van der Waals surface area contributed by atoms with Crippen molar-refractivity contribution in [3.63, 3.8) is 0 Å². The van der Waals surface area contributed by atoms with E-state index in [1.165, 1.54) is 4.31 Å². The number of nitrogens with one attached hydrogen (secondary N) is 2. The minimum Gasteiger partial charge on any atom is -0.312 e. The number of nitrogens with zero attached hydrogens (tertiary/aromatic N) is 1. The maximum absolute atomic E-state index is 13.3. The highest BCUT2D eigenvalue weighted by molar-refractivity contribution is 7.89. The molecule has 146 valence electrons. The van der Waals surface area contributed by atoms with Crippen molar-refractivity contribution in [3.05, 3.63) is 65.2 Å². The number of alkyl halides is 3. The molecular formula is C19H16F3N3O2S. The summed E-state index contributed by atoms with van der Waals surface area (Å²) in [6.45, 7) is 0. The SMILES string of the molecule is N=CC1C(=N)CC2c3ccccc3C1N2S(=O)(=O)c1ccc(C(F)(F)F)cc1. The van der Waals surface area contributed by atoms with Crippen LogP contribution >= 0.6 is 0 Å². The zero-order chi connectivity index (χ0) is 20.3. The minimum absolute atomic E-state index is 0.146. The first-order valence-electron chi connectivity index (χ1n) is 8.54. The molecule has 2 bridgehead atoms. The van der Waals surface area contributed by atoms with Gasteiger partial charge in [-0.05, 0) is 35.4 Å². The summed E-state index contributed by atoms with van der Waals surface area (Å²) >= 11 is 0. The molecule has 0 radical (unpaired) electrons. The molecule has 2 N–H and O–H groups in total. The molecule has 1 fully saturated rings. The summed E-state index contributed by atoms with van der Waals surface area (Å²) in [6.07, 6.45) is -3.34. The second-order valence-electron chi connectivity index (χ2n) is 6.87. The van der Waals surface area contributed by atoms with Gasteiger partial charge in [0.15, 0.2) is 0 Å². The van der Waals surface area contributed by atoms with Crippen LogP contribution in [0.2, 0.25) is 0 Å². The summed E-state index contributed by atoms with van der Waals surface area (Å²) in [7, 11) is -4.13. The van der Waals surface area contributed by atoms with E-state index in [0.717, 1.165) is 41.6 Å². The molecule has 3 unspecified atom stereocenters. The van der Waals surface area contributed by atoms with Gasteiger partial charge >= 0.3 is 6.18 Å². The molecule has 0 saturated carbocycles. The highest BCUT2D eigenvalue weighted by Crippen LogP contribution is 2.53. The van der Waals surface area contributed by atoms with Crippen molar-refractivity contribution in [2.24, 2.45) is 5.92 Å². The monoisotopic (exact) mass is 407 g/mol. The van der Waals surface area contributed by atoms with Gasteiger partial charge in [-0.15, -0.1) is 0 Å². The Bertz CT molecular complexity index is 1060. The van der Waals surface area contributed by atoms with E-state index < -0.39 is 39.8 Å². The predicted octanol–water partition coefficient (Wildman–Crippen LogP) is 4.18. The third-order valence-electron chi connectivity index (χ3n) is 5.35. The molecule has 2 aliphatic heterocycles. The molecule has 9 heteroatoms. The molecule has 28 heavy (non-hydrogen) atoms. The number of sulfonamides is 1. The van der Waals surface area contributed by atoms with Crippen LogP contribution in [0, 0.1) is 16.7 Å². The van der Waals surface area contributed by atoms with Crippen LogP contribution in [0.1, 0.15) is 35.2 Å². The largest absolute Gasteiger partial charge is 0.416 e. The molecule has 5 nitrogen and oxygen atoms in total. The molecular weight excluding hydrogens is 391 g/mol. The number of fused-ring (bicyclic) bond motifs is 5. The summed E-state index contributed by atoms with van der Waals surface area (Å²) in [6, 6.07) is 9.22. The molecule has 0 spiro atoms. The predicted molar refractivity (Wildman–Crippen MR) is 97.0 cm³/mol. The number of rotatable bonds is 3. The quantitative estimate of drug-likeness (QED) is 0.748. The Morgan fingerprint density at radius 2 is 1.64 bits per heavy atom. The first kappa shape index (κ1) is 18.8. The number of hydrogen-bond acceptors (Lipinski definition) is 4. The lowest BCUT2D eigenvalue weighted by molar-refractivity contribution is -0.137. The molecule has 2 aliphatic rings. The zero-order valence-electron chi connectivity index (χ0n) is 14.4. The van der Waals surface area contributed by atoms with Gasteiger partial charge in [-0.2, -0.15) is 17.5 Å². The third-order valence-corrected chi connectivity index (χ3v) is 7.25. The Hall–Kier alpha value is -2.52. The Morgan fingerprint density at radius 3 is 2.21 bits per heavy atom. The van der Waals surface area contributed by atoms with Crippen LogP contribution in [0.25, 0.3) is 0 Å². The highest BCUT2D eigenvalue weighted by Gasteiger charge is 2.53. The van der Waals surface area contributed by atoms with E-state index >= 15 is 0 Å². The van der Waals surface area contributed by atoms with Gasteiger partial charge in [0.05, 0.1) is 28.5 Å². The summed E-state index contributed by atoms with van der Waals surface area (Å²) in [4.78, 5) is -0.236. The minimum atomic E-state index is -4.55. The molecule has 0 amide bonds. The van der Waals surface area contributed by atoms with Crippen molar-refractivity contribution in [3.8, 4) is 0 Å². The van der Waals surface area contributed by atoms with Crippen LogP contribution in [0.3, 0.4) is 0 Å². The first-order valence-corrected chi connectivity index (χ1v) is 9.98. The highest BCUT2D eigenvalue weighted by atomic mass is 32.2. The van der Waals surface area contributed by atoms with E-state index in [1.54, 1.807) is 24.3 Å². The van der Waals surface area contributed by atoms with Crippen molar-refractivity contribution < 1.29 is 21.6 Å². The van der Waals surface area contributed by atoms with Gasteiger partial charge in [0.25, 0.3) is 0 Å². The molecule has 2 heterocycles. The fourth-order valence-corrected chi connectivity index (χ4v) is 5.87. The fourth-order valence-electron chi connectivity index (χ4n) is 4.08. The third kappa shape index (κ3) is 2.68. The van der Waals surface area contributed by atoms with Gasteiger partial charge in [0.2, 0.25) is 10.0 Å². The van der Waals surface area contributed by atoms with E-state index in [2.05, 4.69) is 0 Å². The molecule has 1 saturated heterocycles. The summed E-state index contributed by atoms with van der Waals surface area (Å²) in [5.41, 5.74) is 0.867. The maximum atomic E-state index is 13.3. The van der Waals surface area contributed by atoms with E-state index in [4.69, 9.17) is 10.8 Å². The molecule has 0 aliphatic carbocycles. The Kier molecular flexibility index (Phi) is 4.20. The zero-order valence-corrected chi connectivity index (χ0v) is 15.3. The van der Waals surface area contributed by atoms with E-state index in [0.29, 0.717) is 0 Å². The van der Waals surface area contributed by atoms with Gasteiger partial charge in [-0.1, -0.05) is 24.3 Å². The summed E-state index contributed by atoms with van der Waals surface area (Å²) < 4.78 is 66.4. The molecule has 4 rings (SSSR count). The normalized spacial score (nSPS) is 24.8. The van der Waals surface area contributed by atoms with Crippen molar-refractivity contribution in [1.82, 2.24) is 4.31 Å². The standard InChI is InChI=1S/C19H16F3N3O2S/c20-19(21,22)11-5-7-12(8-6-11)28(26,27)25-17-9-16(24)15(10-23)18(25)14-4-2-1-3-13(14)17/h1-8,10,15,17-18,23-24H,9H2. The number of piperidine rings is 1. The van der Waals surface area contributed by atoms with Gasteiger partial charge < -0.3 is 10.8 Å². The molecule has 2 aromatic carbocycles. The second kappa shape index (κ2) is 6.25. The molecule has 0 aromatic heterocycles. The van der Waals surface area contributed by atoms with Gasteiger partial charge in [-0.3, -0.25) is 0 Å². The van der Waals surface area contributed by atoms with Crippen molar-refractivity contribution in [1.29, 1.82) is 10.8 Å². The van der Waals surface area contributed by atoms with Gasteiger partial charge in [0.1, 0.15) is 0 Å². The smallest absolute Gasteiger partial charge is 0.312 e. The first-order chi connectivity index (χ1) is 13.2. The van der Waals surface area contributed by atoms with Crippen LogP contribution < -0.4 is 0 Å². The van der Waals surface area contributed by atoms with Crippen LogP contribution in [0.15, 0.2) is 53.4 Å². The van der Waals surface area contributed by atoms with Crippen LogP contribution in [0.5, 0.6) is 0 Å². The van der Waals surface area contributed by atoms with Crippen molar-refractivity contribution >= 4 is 21.9 Å². The molecule has 2 aromatic rings. The lowest BCUT2D eigenvalue weighted by Gasteiger charge is -2.38. The van der Waals surface area contributed by atoms with E-state index in [9.17, 15) is 21.6 Å². The van der Waals surface area contributed by atoms with E-state index in [1.807, 2.05) is 0 Å². The van der Waals surface area contributed by atoms with Crippen molar-refractivity contribution in [2.75, 3.05) is 0 Å². The maximum Gasteiger partial charge on any atom is 0.416 e. The Balaban J connectivity index is 1.82. The van der Waals surface area contributed by atoms with Crippen LogP contribution in [-0.4, -0.2) is 24.6 Å². The lowest BCUT2D eigenvalue weighted by atomic mass is 9.89. The van der Waals surface area contributed by atoms with Crippen LogP contribution in [0.4, 0.5) is 13.2 Å². The average molecular weight is 407 g/mol. The van der Waals surface area contributed by atoms with Crippen LogP contribution in [-0.2, 0) is 16.2 Å². The number of benzene rings is 2. The Labute approximate surface area is 159 Å². The average Bonchev–Trinajstić information content (AvgIpc) is 2.91. The lowest BCUT2D eigenvalue weighted by Crippen LogP contribution is -2.44. The van der Waals surface area contributed by atoms with Crippen molar-refractivity contribution in [2.45, 2.75) is 29.6 Å². The summed E-state index contributed by atoms with van der Waals surface area (Å²) in [5.74, 6) is -0.705. The number of halogens is 3. The van der Waals surface area contributed by atoms with Gasteiger partial charge in [0, 0.05) is 18.3 Å². The topological polar surface area (TPSA) is 85.1 Å². The fraction of sp³-hybridized carbons (Fsp3) is 0.263. The van der Waals surface area contributed by atoms with Gasteiger partial charge in [-0.25, -0.2) is 8.42 Å².